The van der Waals surface area contributed by atoms with Gasteiger partial charge in [-0.3, -0.25) is 4.84 Å². The molecule has 2 heterocycles. The van der Waals surface area contributed by atoms with Crippen LogP contribution in [0.15, 0.2) is 126 Å². The molecule has 0 saturated carbocycles. The molecule has 2 atom stereocenters. The van der Waals surface area contributed by atoms with Crippen LogP contribution in [0.5, 0.6) is 0 Å². The molecule has 0 aliphatic carbocycles. The number of hydrogen-bond acceptors (Lipinski definition) is 3. The predicted molar refractivity (Wildman–Crippen MR) is 149 cm³/mol. The average Bonchev–Trinajstić information content (AvgIpc) is 3.36. The van der Waals surface area contributed by atoms with Crippen LogP contribution in [0.2, 0.25) is 0 Å². The molecule has 4 aromatic carbocycles. The van der Waals surface area contributed by atoms with Crippen molar-refractivity contribution < 1.29 is 9.25 Å². The lowest BCUT2D eigenvalue weighted by Crippen LogP contribution is -2.37. The van der Waals surface area contributed by atoms with Gasteiger partial charge in [-0.25, -0.2) is 5.06 Å². The molecule has 0 fully saturated rings. The first-order valence-electron chi connectivity index (χ1n) is 13.2. The van der Waals surface area contributed by atoms with Crippen molar-refractivity contribution in [2.24, 2.45) is 0 Å². The second kappa shape index (κ2) is 10.5. The largest absolute Gasteiger partial charge is 0.460 e. The summed E-state index contributed by atoms with van der Waals surface area (Å²) in [6.45, 7) is 2.23. The smallest absolute Gasteiger partial charge is 0.140 e. The first-order chi connectivity index (χ1) is 18.3. The first-order valence-corrected chi connectivity index (χ1v) is 13.2. The topological polar surface area (TPSA) is 25.6 Å². The van der Waals surface area contributed by atoms with Gasteiger partial charge in [0.25, 0.3) is 0 Å². The van der Waals surface area contributed by atoms with E-state index in [9.17, 15) is 0 Å². The van der Waals surface area contributed by atoms with Crippen LogP contribution in [0.3, 0.4) is 0 Å². The molecule has 1 aliphatic rings. The van der Waals surface area contributed by atoms with Gasteiger partial charge in [0.2, 0.25) is 0 Å². The maximum Gasteiger partial charge on any atom is 0.140 e. The number of rotatable bonds is 7. The fourth-order valence-electron chi connectivity index (χ4n) is 5.31. The molecule has 0 bridgehead atoms. The maximum absolute atomic E-state index is 7.01. The Labute approximate surface area is 218 Å². The minimum absolute atomic E-state index is 0.133. The highest BCUT2D eigenvalue weighted by atomic mass is 16.7. The molecule has 1 aromatic heterocycles. The van der Waals surface area contributed by atoms with Crippen molar-refractivity contribution in [3.05, 3.63) is 149 Å². The van der Waals surface area contributed by atoms with Crippen molar-refractivity contribution in [1.29, 1.82) is 0 Å². The molecule has 0 amide bonds. The van der Waals surface area contributed by atoms with E-state index < -0.39 is 0 Å². The molecule has 5 aromatic rings. The van der Waals surface area contributed by atoms with E-state index in [0.717, 1.165) is 53.2 Å². The zero-order chi connectivity index (χ0) is 25.0. The minimum atomic E-state index is -0.300. The summed E-state index contributed by atoms with van der Waals surface area (Å²) in [5.74, 6) is 1.96. The Hall–Kier alpha value is -4.08. The third-order valence-electron chi connectivity index (χ3n) is 7.07. The van der Waals surface area contributed by atoms with Crippen LogP contribution in [0, 0.1) is 0 Å². The van der Waals surface area contributed by atoms with Gasteiger partial charge in [-0.1, -0.05) is 123 Å². The van der Waals surface area contributed by atoms with E-state index in [1.807, 2.05) is 12.1 Å². The third-order valence-corrected chi connectivity index (χ3v) is 7.07. The van der Waals surface area contributed by atoms with Gasteiger partial charge in [0.1, 0.15) is 23.7 Å². The number of furan rings is 1. The van der Waals surface area contributed by atoms with E-state index in [2.05, 4.69) is 121 Å². The molecule has 3 nitrogen and oxygen atoms in total. The van der Waals surface area contributed by atoms with Gasteiger partial charge >= 0.3 is 0 Å². The molecule has 0 N–H and O–H groups in total. The van der Waals surface area contributed by atoms with E-state index in [0.29, 0.717) is 0 Å². The highest BCUT2D eigenvalue weighted by Crippen LogP contribution is 2.51. The molecule has 0 saturated heterocycles. The summed E-state index contributed by atoms with van der Waals surface area (Å²) in [6.07, 6.45) is 2.76. The van der Waals surface area contributed by atoms with E-state index in [-0.39, 0.29) is 12.1 Å². The Bertz CT molecular complexity index is 1430. The minimum Gasteiger partial charge on any atom is -0.460 e. The van der Waals surface area contributed by atoms with Crippen LogP contribution in [0.4, 0.5) is 5.69 Å². The molecule has 3 heteroatoms. The lowest BCUT2D eigenvalue weighted by molar-refractivity contribution is 0.0312. The zero-order valence-electron chi connectivity index (χ0n) is 21.1. The van der Waals surface area contributed by atoms with E-state index in [1.54, 1.807) is 0 Å². The van der Waals surface area contributed by atoms with E-state index in [4.69, 9.17) is 9.25 Å². The predicted octanol–water partition coefficient (Wildman–Crippen LogP) is 8.92. The van der Waals surface area contributed by atoms with Crippen molar-refractivity contribution in [1.82, 2.24) is 0 Å². The van der Waals surface area contributed by atoms with Gasteiger partial charge in [0.05, 0.1) is 5.69 Å². The molecule has 0 radical (unpaired) electrons. The van der Waals surface area contributed by atoms with Gasteiger partial charge in [0.15, 0.2) is 0 Å². The molecular weight excluding hydrogens is 454 g/mol. The molecular formula is C34H31NO2. The number of nitrogens with zero attached hydrogens (tertiary/aromatic N) is 1. The van der Waals surface area contributed by atoms with Crippen LogP contribution in [-0.2, 0) is 11.3 Å². The van der Waals surface area contributed by atoms with Crippen LogP contribution in [-0.4, -0.2) is 0 Å². The van der Waals surface area contributed by atoms with Gasteiger partial charge in [0, 0.05) is 23.1 Å². The Balaban J connectivity index is 1.65. The lowest BCUT2D eigenvalue weighted by Gasteiger charge is -2.41. The fourth-order valence-corrected chi connectivity index (χ4v) is 5.31. The normalized spacial score (nSPS) is 16.9. The average molecular weight is 486 g/mol. The SMILES string of the molecule is CCCCc1oc(-c2ccccc2)c2c1[C@H](c1ccccc1)N(c1ccccc1)O[C@@H]2c1ccccc1. The Morgan fingerprint density at radius 3 is 1.84 bits per heavy atom. The van der Waals surface area contributed by atoms with Crippen LogP contribution in [0.25, 0.3) is 11.3 Å². The lowest BCUT2D eigenvalue weighted by atomic mass is 9.86. The van der Waals surface area contributed by atoms with E-state index in [1.165, 1.54) is 11.1 Å². The highest BCUT2D eigenvalue weighted by Gasteiger charge is 2.42. The van der Waals surface area contributed by atoms with Crippen LogP contribution < -0.4 is 5.06 Å². The summed E-state index contributed by atoms with van der Waals surface area (Å²) < 4.78 is 6.84. The number of benzene rings is 4. The highest BCUT2D eigenvalue weighted by molar-refractivity contribution is 5.69. The quantitative estimate of drug-likeness (QED) is 0.230. The number of anilines is 1. The van der Waals surface area contributed by atoms with Crippen molar-refractivity contribution >= 4 is 5.69 Å². The monoisotopic (exact) mass is 485 g/mol. The maximum atomic E-state index is 7.01. The molecule has 37 heavy (non-hydrogen) atoms. The van der Waals surface area contributed by atoms with Gasteiger partial charge in [-0.15, -0.1) is 0 Å². The van der Waals surface area contributed by atoms with Crippen molar-refractivity contribution in [2.45, 2.75) is 38.3 Å². The number of unbranched alkanes of at least 4 members (excludes halogenated alkanes) is 1. The van der Waals surface area contributed by atoms with E-state index >= 15 is 0 Å². The number of hydrogen-bond donors (Lipinski definition) is 0. The van der Waals surface area contributed by atoms with Crippen molar-refractivity contribution in [3.63, 3.8) is 0 Å². The van der Waals surface area contributed by atoms with Crippen molar-refractivity contribution in [3.8, 4) is 11.3 Å². The summed E-state index contributed by atoms with van der Waals surface area (Å²) in [5.41, 5.74) is 6.73. The number of para-hydroxylation sites is 1. The number of fused-ring (bicyclic) bond motifs is 1. The summed E-state index contributed by atoms with van der Waals surface area (Å²) in [6, 6.07) is 41.9. The summed E-state index contributed by atoms with van der Waals surface area (Å²) in [7, 11) is 0. The fraction of sp³-hybridized carbons (Fsp3) is 0.176. The Morgan fingerprint density at radius 1 is 0.649 bits per heavy atom. The third kappa shape index (κ3) is 4.47. The van der Waals surface area contributed by atoms with Gasteiger partial charge < -0.3 is 4.42 Å². The first kappa shape index (κ1) is 23.3. The Kier molecular flexibility index (Phi) is 6.62. The second-order valence-corrected chi connectivity index (χ2v) is 9.52. The summed E-state index contributed by atoms with van der Waals surface area (Å²) in [4.78, 5) is 7.01. The van der Waals surface area contributed by atoms with Crippen LogP contribution >= 0.6 is 0 Å². The number of aryl methyl sites for hydroxylation is 1. The summed E-state index contributed by atoms with van der Waals surface area (Å²) in [5, 5.41) is 2.09. The van der Waals surface area contributed by atoms with Crippen molar-refractivity contribution in [2.75, 3.05) is 5.06 Å². The second-order valence-electron chi connectivity index (χ2n) is 9.52. The van der Waals surface area contributed by atoms with Crippen LogP contribution in [0.1, 0.15) is 59.9 Å². The molecule has 0 spiro atoms. The molecule has 6 rings (SSSR count). The summed E-state index contributed by atoms with van der Waals surface area (Å²) >= 11 is 0. The molecule has 1 aliphatic heterocycles. The Morgan fingerprint density at radius 2 is 1.22 bits per heavy atom. The van der Waals surface area contributed by atoms with Gasteiger partial charge in [-0.2, -0.15) is 0 Å². The zero-order valence-corrected chi connectivity index (χ0v) is 21.1. The number of hydroxylamine groups is 1. The molecule has 0 unspecified atom stereocenters. The molecule has 184 valence electrons. The van der Waals surface area contributed by atoms with Gasteiger partial charge in [-0.05, 0) is 29.7 Å². The standard InChI is InChI=1S/C34H31NO2/c1-2-3-24-29-30-31(33(36-29)26-18-10-5-11-19-26)34(27-20-12-6-13-21-27)37-35(28-22-14-7-15-23-28)32(30)25-16-8-4-9-17-25/h4-23,32,34H,2-3,24H2,1H3/t32-,34+/m0/s1.